The van der Waals surface area contributed by atoms with Gasteiger partial charge in [0.25, 0.3) is 0 Å². The zero-order valence-electron chi connectivity index (χ0n) is 15.6. The first-order valence-electron chi connectivity index (χ1n) is 9.15. The minimum Gasteiger partial charge on any atom is -0.458 e. The number of fused-ring (bicyclic) bond motifs is 2. The Balaban J connectivity index is 2.19. The van der Waals surface area contributed by atoms with Crippen molar-refractivity contribution in [1.29, 1.82) is 0 Å². The highest BCUT2D eigenvalue weighted by Gasteiger charge is 2.59. The fourth-order valence-electron chi connectivity index (χ4n) is 4.55. The maximum absolute atomic E-state index is 13.4. The number of rotatable bonds is 4. The smallest absolute Gasteiger partial charge is 0.404 e. The van der Waals surface area contributed by atoms with Gasteiger partial charge in [-0.2, -0.15) is 13.2 Å². The van der Waals surface area contributed by atoms with Crippen LogP contribution >= 0.6 is 0 Å². The zero-order valence-corrected chi connectivity index (χ0v) is 15.6. The molecule has 2 saturated carbocycles. The van der Waals surface area contributed by atoms with Gasteiger partial charge in [-0.25, -0.2) is 0 Å². The Morgan fingerprint density at radius 3 is 2.04 bits per heavy atom. The number of hydrogen-bond donors (Lipinski definition) is 0. The molecule has 0 N–H and O–H groups in total. The van der Waals surface area contributed by atoms with E-state index in [0.717, 1.165) is 19.8 Å². The highest BCUT2D eigenvalue weighted by molar-refractivity contribution is 5.77. The average molecular weight is 348 g/mol. The van der Waals surface area contributed by atoms with Crippen molar-refractivity contribution in [3.63, 3.8) is 0 Å². The maximum atomic E-state index is 13.4. The summed E-state index contributed by atoms with van der Waals surface area (Å²) in [5, 5.41) is 0. The third kappa shape index (κ3) is 3.32. The molecular weight excluding hydrogens is 317 g/mol. The second-order valence-electron chi connectivity index (χ2n) is 8.95. The van der Waals surface area contributed by atoms with Gasteiger partial charge in [0.15, 0.2) is 5.41 Å². The predicted octanol–water partition coefficient (Wildman–Crippen LogP) is 5.89. The van der Waals surface area contributed by atoms with Crippen LogP contribution in [0.3, 0.4) is 0 Å². The van der Waals surface area contributed by atoms with Crippen LogP contribution in [0.5, 0.6) is 0 Å². The van der Waals surface area contributed by atoms with Crippen LogP contribution in [0.15, 0.2) is 0 Å². The summed E-state index contributed by atoms with van der Waals surface area (Å²) in [6.07, 6.45) is 1.78. The summed E-state index contributed by atoms with van der Waals surface area (Å²) in [6, 6.07) is 0. The van der Waals surface area contributed by atoms with Crippen LogP contribution in [0, 0.1) is 22.7 Å². The molecule has 0 aromatic carbocycles. The molecule has 2 nitrogen and oxygen atoms in total. The second-order valence-corrected chi connectivity index (χ2v) is 8.95. The molecule has 2 fully saturated rings. The highest BCUT2D eigenvalue weighted by atomic mass is 19.4. The molecule has 0 heterocycles. The standard InChI is InChI=1S/C19H31F3O2/c1-6-18(5,19(20,21)22)15(23)24-16(2,3)17(4)11-13-8-7-9-14(10-13)12-17/h13-14H,6-12H2,1-5H3. The Kier molecular flexibility index (Phi) is 5.06. The first-order chi connectivity index (χ1) is 10.8. The molecular formula is C19H31F3O2. The summed E-state index contributed by atoms with van der Waals surface area (Å²) in [4.78, 5) is 12.4. The van der Waals surface area contributed by atoms with Gasteiger partial charge in [0.1, 0.15) is 5.60 Å². The fraction of sp³-hybridized carbons (Fsp3) is 0.947. The van der Waals surface area contributed by atoms with E-state index >= 15 is 0 Å². The lowest BCUT2D eigenvalue weighted by Crippen LogP contribution is -2.53. The molecule has 2 aliphatic rings. The number of esters is 1. The van der Waals surface area contributed by atoms with Crippen molar-refractivity contribution < 1.29 is 22.7 Å². The van der Waals surface area contributed by atoms with E-state index in [-0.39, 0.29) is 11.8 Å². The Morgan fingerprint density at radius 2 is 1.62 bits per heavy atom. The van der Waals surface area contributed by atoms with Gasteiger partial charge in [-0.15, -0.1) is 0 Å². The van der Waals surface area contributed by atoms with Crippen molar-refractivity contribution in [2.45, 2.75) is 91.3 Å². The molecule has 0 aliphatic heterocycles. The molecule has 2 bridgehead atoms. The molecule has 0 spiro atoms. The summed E-state index contributed by atoms with van der Waals surface area (Å²) in [7, 11) is 0. The van der Waals surface area contributed by atoms with Gasteiger partial charge in [-0.05, 0) is 58.3 Å². The van der Waals surface area contributed by atoms with Crippen molar-refractivity contribution in [1.82, 2.24) is 0 Å². The van der Waals surface area contributed by atoms with Gasteiger partial charge in [0.05, 0.1) is 0 Å². The Bertz CT molecular complexity index is 471. The van der Waals surface area contributed by atoms with E-state index in [4.69, 9.17) is 4.74 Å². The maximum Gasteiger partial charge on any atom is 0.404 e. The minimum atomic E-state index is -4.60. The molecule has 0 amide bonds. The molecule has 24 heavy (non-hydrogen) atoms. The SMILES string of the molecule is CCC(C)(C(=O)OC(C)(C)C1(C)CC2CCCC(C2)C1)C(F)(F)F. The summed E-state index contributed by atoms with van der Waals surface area (Å²) in [5.41, 5.74) is -3.61. The van der Waals surface area contributed by atoms with Gasteiger partial charge in [-0.1, -0.05) is 33.1 Å². The molecule has 0 aromatic rings. The molecule has 0 radical (unpaired) electrons. The Morgan fingerprint density at radius 1 is 1.12 bits per heavy atom. The monoisotopic (exact) mass is 348 g/mol. The van der Waals surface area contributed by atoms with E-state index in [1.807, 2.05) is 0 Å². The zero-order chi connectivity index (χ0) is 18.4. The van der Waals surface area contributed by atoms with Crippen LogP contribution < -0.4 is 0 Å². The third-order valence-corrected chi connectivity index (χ3v) is 6.95. The first-order valence-corrected chi connectivity index (χ1v) is 9.15. The number of alkyl halides is 3. The van der Waals surface area contributed by atoms with Gasteiger partial charge >= 0.3 is 12.1 Å². The lowest BCUT2D eigenvalue weighted by Gasteiger charge is -2.53. The molecule has 2 rings (SSSR count). The van der Waals surface area contributed by atoms with Crippen molar-refractivity contribution in [2.24, 2.45) is 22.7 Å². The molecule has 0 saturated heterocycles. The van der Waals surface area contributed by atoms with Crippen LogP contribution in [0.1, 0.15) is 79.6 Å². The quantitative estimate of drug-likeness (QED) is 0.592. The molecule has 140 valence electrons. The minimum absolute atomic E-state index is 0.267. The van der Waals surface area contributed by atoms with Crippen LogP contribution in [0.25, 0.3) is 0 Å². The lowest BCUT2D eigenvalue weighted by atomic mass is 9.56. The topological polar surface area (TPSA) is 26.3 Å². The van der Waals surface area contributed by atoms with Crippen LogP contribution in [0.4, 0.5) is 13.2 Å². The summed E-state index contributed by atoms with van der Waals surface area (Å²) < 4.78 is 45.6. The summed E-state index contributed by atoms with van der Waals surface area (Å²) in [6.45, 7) is 8.00. The van der Waals surface area contributed by atoms with Crippen LogP contribution in [-0.2, 0) is 9.53 Å². The van der Waals surface area contributed by atoms with E-state index in [1.54, 1.807) is 13.8 Å². The highest BCUT2D eigenvalue weighted by Crippen LogP contribution is 2.55. The van der Waals surface area contributed by atoms with Crippen LogP contribution in [0.2, 0.25) is 0 Å². The van der Waals surface area contributed by atoms with Crippen molar-refractivity contribution in [3.8, 4) is 0 Å². The lowest BCUT2D eigenvalue weighted by molar-refractivity contribution is -0.244. The predicted molar refractivity (Wildman–Crippen MR) is 87.4 cm³/mol. The summed E-state index contributed by atoms with van der Waals surface area (Å²) >= 11 is 0. The Labute approximate surface area is 143 Å². The molecule has 3 unspecified atom stereocenters. The van der Waals surface area contributed by atoms with E-state index in [1.165, 1.54) is 32.6 Å². The number of ether oxygens (including phenoxy) is 1. The van der Waals surface area contributed by atoms with Gasteiger partial charge in [0.2, 0.25) is 0 Å². The molecule has 3 atom stereocenters. The Hall–Kier alpha value is -0.740. The largest absolute Gasteiger partial charge is 0.458 e. The number of halogens is 3. The van der Waals surface area contributed by atoms with E-state index in [9.17, 15) is 18.0 Å². The van der Waals surface area contributed by atoms with Gasteiger partial charge < -0.3 is 4.74 Å². The normalized spacial score (nSPS) is 33.7. The molecule has 2 aliphatic carbocycles. The van der Waals surface area contributed by atoms with Gasteiger partial charge in [0, 0.05) is 5.41 Å². The molecule has 5 heteroatoms. The summed E-state index contributed by atoms with van der Waals surface area (Å²) in [5.74, 6) is 0.0840. The van der Waals surface area contributed by atoms with E-state index in [2.05, 4.69) is 6.92 Å². The van der Waals surface area contributed by atoms with E-state index in [0.29, 0.717) is 11.8 Å². The van der Waals surface area contributed by atoms with Crippen molar-refractivity contribution in [3.05, 3.63) is 0 Å². The number of hydrogen-bond acceptors (Lipinski definition) is 2. The van der Waals surface area contributed by atoms with Crippen LogP contribution in [-0.4, -0.2) is 17.7 Å². The third-order valence-electron chi connectivity index (χ3n) is 6.95. The second kappa shape index (κ2) is 6.21. The fourth-order valence-corrected chi connectivity index (χ4v) is 4.55. The first kappa shape index (κ1) is 19.6. The van der Waals surface area contributed by atoms with Crippen molar-refractivity contribution in [2.75, 3.05) is 0 Å². The van der Waals surface area contributed by atoms with Crippen molar-refractivity contribution >= 4 is 5.97 Å². The average Bonchev–Trinajstić information content (AvgIpc) is 2.43. The van der Waals surface area contributed by atoms with Gasteiger partial charge in [-0.3, -0.25) is 4.79 Å². The number of carbonyl (C=O) groups excluding carboxylic acids is 1. The number of carbonyl (C=O) groups is 1. The van der Waals surface area contributed by atoms with E-state index < -0.39 is 23.2 Å². The molecule has 0 aromatic heterocycles.